The minimum atomic E-state index is -0.986. The molecule has 22 heavy (non-hydrogen) atoms. The predicted octanol–water partition coefficient (Wildman–Crippen LogP) is 3.39. The van der Waals surface area contributed by atoms with Crippen molar-refractivity contribution in [3.8, 4) is 5.75 Å². The molecular formula is C18H22FNO2. The zero-order valence-corrected chi connectivity index (χ0v) is 13.1. The first kappa shape index (κ1) is 16.5. The van der Waals surface area contributed by atoms with E-state index in [9.17, 15) is 9.50 Å². The second-order valence-corrected chi connectivity index (χ2v) is 5.64. The fourth-order valence-electron chi connectivity index (χ4n) is 2.32. The van der Waals surface area contributed by atoms with E-state index in [0.29, 0.717) is 6.54 Å². The standard InChI is InChI=1S/C18H22FNO2/c1-13(14-9-10-17(22-3)16(19)11-14)20-12-18(2,21)15-7-5-4-6-8-15/h4-11,13,20-21H,12H2,1-3H3. The van der Waals surface area contributed by atoms with Crippen molar-refractivity contribution in [2.45, 2.75) is 25.5 Å². The van der Waals surface area contributed by atoms with Crippen LogP contribution in [0.25, 0.3) is 0 Å². The molecule has 0 aliphatic carbocycles. The van der Waals surface area contributed by atoms with Crippen molar-refractivity contribution in [1.29, 1.82) is 0 Å². The van der Waals surface area contributed by atoms with Crippen LogP contribution in [0.5, 0.6) is 5.75 Å². The number of ether oxygens (including phenoxy) is 1. The fourth-order valence-corrected chi connectivity index (χ4v) is 2.32. The van der Waals surface area contributed by atoms with E-state index in [0.717, 1.165) is 11.1 Å². The van der Waals surface area contributed by atoms with E-state index in [1.54, 1.807) is 13.0 Å². The fraction of sp³-hybridized carbons (Fsp3) is 0.333. The molecule has 2 aromatic carbocycles. The summed E-state index contributed by atoms with van der Waals surface area (Å²) in [5, 5.41) is 13.8. The van der Waals surface area contributed by atoms with Crippen LogP contribution < -0.4 is 10.1 Å². The summed E-state index contributed by atoms with van der Waals surface area (Å²) in [4.78, 5) is 0. The van der Waals surface area contributed by atoms with Gasteiger partial charge in [-0.3, -0.25) is 0 Å². The van der Waals surface area contributed by atoms with E-state index in [1.165, 1.54) is 13.2 Å². The number of benzene rings is 2. The summed E-state index contributed by atoms with van der Waals surface area (Å²) in [7, 11) is 1.44. The van der Waals surface area contributed by atoms with Crippen LogP contribution in [0.3, 0.4) is 0 Å². The molecule has 0 heterocycles. The third-order valence-electron chi connectivity index (χ3n) is 3.82. The minimum absolute atomic E-state index is 0.0874. The van der Waals surface area contributed by atoms with Gasteiger partial charge in [-0.2, -0.15) is 0 Å². The Kier molecular flexibility index (Phi) is 5.16. The summed E-state index contributed by atoms with van der Waals surface area (Å²) >= 11 is 0. The van der Waals surface area contributed by atoms with Gasteiger partial charge in [0.2, 0.25) is 0 Å². The monoisotopic (exact) mass is 303 g/mol. The van der Waals surface area contributed by atoms with Crippen LogP contribution in [-0.2, 0) is 5.60 Å². The van der Waals surface area contributed by atoms with Crippen molar-refractivity contribution in [3.63, 3.8) is 0 Å². The molecule has 0 aromatic heterocycles. The van der Waals surface area contributed by atoms with Gasteiger partial charge in [-0.05, 0) is 37.1 Å². The first-order valence-corrected chi connectivity index (χ1v) is 7.29. The number of hydrogen-bond donors (Lipinski definition) is 2. The van der Waals surface area contributed by atoms with E-state index < -0.39 is 5.60 Å². The molecule has 2 rings (SSSR count). The summed E-state index contributed by atoms with van der Waals surface area (Å²) in [6, 6.07) is 14.3. The van der Waals surface area contributed by atoms with Gasteiger partial charge < -0.3 is 15.2 Å². The third-order valence-corrected chi connectivity index (χ3v) is 3.82. The lowest BCUT2D eigenvalue weighted by molar-refractivity contribution is 0.0543. The average Bonchev–Trinajstić information content (AvgIpc) is 2.53. The normalized spacial score (nSPS) is 15.1. The first-order chi connectivity index (χ1) is 10.4. The minimum Gasteiger partial charge on any atom is -0.494 e. The van der Waals surface area contributed by atoms with Crippen LogP contribution in [0.4, 0.5) is 4.39 Å². The average molecular weight is 303 g/mol. The molecule has 0 spiro atoms. The largest absolute Gasteiger partial charge is 0.494 e. The molecule has 2 atom stereocenters. The lowest BCUT2D eigenvalue weighted by Crippen LogP contribution is -2.36. The molecule has 0 fully saturated rings. The van der Waals surface area contributed by atoms with Gasteiger partial charge in [-0.25, -0.2) is 4.39 Å². The number of hydrogen-bond acceptors (Lipinski definition) is 3. The van der Waals surface area contributed by atoms with Crippen molar-refractivity contribution in [2.24, 2.45) is 0 Å². The second-order valence-electron chi connectivity index (χ2n) is 5.64. The molecule has 0 aliphatic rings. The van der Waals surface area contributed by atoms with Crippen molar-refractivity contribution < 1.29 is 14.2 Å². The highest BCUT2D eigenvalue weighted by atomic mass is 19.1. The van der Waals surface area contributed by atoms with E-state index in [1.807, 2.05) is 43.3 Å². The van der Waals surface area contributed by atoms with Crippen molar-refractivity contribution in [3.05, 3.63) is 65.5 Å². The Bertz CT molecular complexity index is 614. The lowest BCUT2D eigenvalue weighted by atomic mass is 9.95. The van der Waals surface area contributed by atoms with E-state index >= 15 is 0 Å². The highest BCUT2D eigenvalue weighted by molar-refractivity contribution is 5.31. The van der Waals surface area contributed by atoms with Gasteiger partial charge in [0, 0.05) is 12.6 Å². The van der Waals surface area contributed by atoms with Gasteiger partial charge in [-0.1, -0.05) is 36.4 Å². The zero-order chi connectivity index (χ0) is 16.2. The van der Waals surface area contributed by atoms with Gasteiger partial charge in [0.05, 0.1) is 12.7 Å². The Morgan fingerprint density at radius 3 is 2.50 bits per heavy atom. The highest BCUT2D eigenvalue weighted by Crippen LogP contribution is 2.24. The summed E-state index contributed by atoms with van der Waals surface area (Å²) in [5.74, 6) is -0.157. The molecule has 2 N–H and O–H groups in total. The molecular weight excluding hydrogens is 281 g/mol. The van der Waals surface area contributed by atoms with Gasteiger partial charge >= 0.3 is 0 Å². The molecule has 4 heteroatoms. The molecule has 0 saturated heterocycles. The predicted molar refractivity (Wildman–Crippen MR) is 85.4 cm³/mol. The van der Waals surface area contributed by atoms with Crippen molar-refractivity contribution in [2.75, 3.05) is 13.7 Å². The quantitative estimate of drug-likeness (QED) is 0.859. The lowest BCUT2D eigenvalue weighted by Gasteiger charge is -2.26. The molecule has 3 nitrogen and oxygen atoms in total. The van der Waals surface area contributed by atoms with Crippen LogP contribution in [-0.4, -0.2) is 18.8 Å². The van der Waals surface area contributed by atoms with Crippen LogP contribution in [0.1, 0.15) is 31.0 Å². The Hall–Kier alpha value is -1.91. The maximum atomic E-state index is 13.7. The molecule has 0 amide bonds. The van der Waals surface area contributed by atoms with Crippen LogP contribution in [0.15, 0.2) is 48.5 Å². The van der Waals surface area contributed by atoms with Gasteiger partial charge in [0.25, 0.3) is 0 Å². The topological polar surface area (TPSA) is 41.5 Å². The zero-order valence-electron chi connectivity index (χ0n) is 13.1. The Labute approximate surface area is 130 Å². The third kappa shape index (κ3) is 3.84. The van der Waals surface area contributed by atoms with Crippen LogP contribution in [0, 0.1) is 5.82 Å². The molecule has 2 aromatic rings. The molecule has 0 radical (unpaired) electrons. The van der Waals surface area contributed by atoms with E-state index in [-0.39, 0.29) is 17.6 Å². The van der Waals surface area contributed by atoms with E-state index in [2.05, 4.69) is 5.32 Å². The van der Waals surface area contributed by atoms with Gasteiger partial charge in [-0.15, -0.1) is 0 Å². The Balaban J connectivity index is 2.03. The SMILES string of the molecule is COc1ccc(C(C)NCC(C)(O)c2ccccc2)cc1F. The first-order valence-electron chi connectivity index (χ1n) is 7.29. The molecule has 0 bridgehead atoms. The summed E-state index contributed by atoms with van der Waals surface area (Å²) in [5.41, 5.74) is 0.665. The number of rotatable bonds is 6. The highest BCUT2D eigenvalue weighted by Gasteiger charge is 2.23. The Morgan fingerprint density at radius 1 is 1.23 bits per heavy atom. The summed E-state index contributed by atoms with van der Waals surface area (Å²) in [6.07, 6.45) is 0. The molecule has 2 unspecified atom stereocenters. The molecule has 0 aliphatic heterocycles. The maximum absolute atomic E-state index is 13.7. The number of nitrogens with one attached hydrogen (secondary N) is 1. The molecule has 0 saturated carbocycles. The van der Waals surface area contributed by atoms with E-state index in [4.69, 9.17) is 4.74 Å². The van der Waals surface area contributed by atoms with Gasteiger partial charge in [0.1, 0.15) is 0 Å². The van der Waals surface area contributed by atoms with Crippen LogP contribution >= 0.6 is 0 Å². The van der Waals surface area contributed by atoms with Crippen molar-refractivity contribution in [1.82, 2.24) is 5.32 Å². The maximum Gasteiger partial charge on any atom is 0.165 e. The van der Waals surface area contributed by atoms with Gasteiger partial charge in [0.15, 0.2) is 11.6 Å². The number of methoxy groups -OCH3 is 1. The number of aliphatic hydroxyl groups is 1. The van der Waals surface area contributed by atoms with Crippen molar-refractivity contribution >= 4 is 0 Å². The summed E-state index contributed by atoms with van der Waals surface area (Å²) in [6.45, 7) is 4.06. The smallest absolute Gasteiger partial charge is 0.165 e. The van der Waals surface area contributed by atoms with Crippen LogP contribution in [0.2, 0.25) is 0 Å². The second kappa shape index (κ2) is 6.90. The number of halogens is 1. The summed E-state index contributed by atoms with van der Waals surface area (Å²) < 4.78 is 18.7. The Morgan fingerprint density at radius 2 is 1.91 bits per heavy atom. The molecule has 118 valence electrons.